The number of benzene rings is 2. The summed E-state index contributed by atoms with van der Waals surface area (Å²) < 4.78 is 10.6. The summed E-state index contributed by atoms with van der Waals surface area (Å²) in [5.74, 6) is 0.917. The topological polar surface area (TPSA) is 67.9 Å². The van der Waals surface area contributed by atoms with Gasteiger partial charge in [0.1, 0.15) is 0 Å². The number of amides is 2. The van der Waals surface area contributed by atoms with Gasteiger partial charge in [0.2, 0.25) is 12.7 Å². The number of carbonyl (C=O) groups excluding carboxylic acids is 2. The van der Waals surface area contributed by atoms with Crippen molar-refractivity contribution in [2.75, 3.05) is 24.8 Å². The van der Waals surface area contributed by atoms with Crippen LogP contribution in [0.4, 0.5) is 5.69 Å². The van der Waals surface area contributed by atoms with Crippen molar-refractivity contribution >= 4 is 17.5 Å². The first-order valence-corrected chi connectivity index (χ1v) is 9.32. The quantitative estimate of drug-likeness (QED) is 0.859. The van der Waals surface area contributed by atoms with E-state index in [9.17, 15) is 9.59 Å². The van der Waals surface area contributed by atoms with Gasteiger partial charge in [-0.25, -0.2) is 0 Å². The second-order valence-electron chi connectivity index (χ2n) is 7.79. The molecule has 0 aliphatic carbocycles. The smallest absolute Gasteiger partial charge is 0.251 e. The Labute approximate surface area is 165 Å². The van der Waals surface area contributed by atoms with Crippen molar-refractivity contribution in [3.8, 4) is 11.5 Å². The lowest BCUT2D eigenvalue weighted by Gasteiger charge is -2.24. The fourth-order valence-electron chi connectivity index (χ4n) is 3.03. The van der Waals surface area contributed by atoms with Gasteiger partial charge in [-0.1, -0.05) is 32.9 Å². The van der Waals surface area contributed by atoms with Gasteiger partial charge >= 0.3 is 0 Å². The highest BCUT2D eigenvalue weighted by Gasteiger charge is 2.18. The van der Waals surface area contributed by atoms with Crippen LogP contribution in [0.2, 0.25) is 0 Å². The highest BCUT2D eigenvalue weighted by molar-refractivity contribution is 5.95. The van der Waals surface area contributed by atoms with Crippen molar-refractivity contribution in [1.29, 1.82) is 0 Å². The average Bonchev–Trinajstić information content (AvgIpc) is 3.12. The Hall–Kier alpha value is -3.02. The first-order valence-electron chi connectivity index (χ1n) is 9.32. The molecule has 0 saturated carbocycles. The Morgan fingerprint density at radius 2 is 1.71 bits per heavy atom. The molecule has 0 unspecified atom stereocenters. The summed E-state index contributed by atoms with van der Waals surface area (Å²) in [5, 5.41) is 2.85. The molecule has 0 fully saturated rings. The lowest BCUT2D eigenvalue weighted by molar-refractivity contribution is -0.116. The lowest BCUT2D eigenvalue weighted by atomic mass is 9.87. The number of hydrogen-bond donors (Lipinski definition) is 1. The van der Waals surface area contributed by atoms with Gasteiger partial charge in [0.25, 0.3) is 5.91 Å². The van der Waals surface area contributed by atoms with E-state index in [0.29, 0.717) is 30.2 Å². The third kappa shape index (κ3) is 4.44. The molecule has 0 atom stereocenters. The predicted octanol–water partition coefficient (Wildman–Crippen LogP) is 3.50. The van der Waals surface area contributed by atoms with Crippen molar-refractivity contribution in [3.05, 3.63) is 53.6 Å². The minimum absolute atomic E-state index is 0.0537. The van der Waals surface area contributed by atoms with Crippen LogP contribution in [0.1, 0.15) is 43.6 Å². The largest absolute Gasteiger partial charge is 0.454 e. The average molecular weight is 382 g/mol. The molecule has 0 bridgehead atoms. The summed E-state index contributed by atoms with van der Waals surface area (Å²) in [6, 6.07) is 13.0. The van der Waals surface area contributed by atoms with Gasteiger partial charge in [0, 0.05) is 31.3 Å². The Morgan fingerprint density at radius 1 is 1.04 bits per heavy atom. The summed E-state index contributed by atoms with van der Waals surface area (Å²) in [6.45, 7) is 8.87. The Morgan fingerprint density at radius 3 is 2.36 bits per heavy atom. The highest BCUT2D eigenvalue weighted by Crippen LogP contribution is 2.32. The molecule has 1 N–H and O–H groups in total. The summed E-state index contributed by atoms with van der Waals surface area (Å²) in [4.78, 5) is 26.1. The lowest BCUT2D eigenvalue weighted by Crippen LogP contribution is -2.37. The summed E-state index contributed by atoms with van der Waals surface area (Å²) >= 11 is 0. The number of fused-ring (bicyclic) bond motifs is 1. The number of rotatable bonds is 5. The van der Waals surface area contributed by atoms with Gasteiger partial charge in [-0.15, -0.1) is 0 Å². The standard InChI is InChI=1S/C22H26N2O4/c1-15(25)24(18-8-6-17(7-9-18)22(2,3)4)12-11-23-21(26)16-5-10-19-20(13-16)28-14-27-19/h5-10,13H,11-12,14H2,1-4H3,(H,23,26). The van der Waals surface area contributed by atoms with E-state index < -0.39 is 0 Å². The van der Waals surface area contributed by atoms with E-state index in [2.05, 4.69) is 26.1 Å². The molecule has 2 aromatic carbocycles. The van der Waals surface area contributed by atoms with Crippen LogP contribution in [0.5, 0.6) is 11.5 Å². The van der Waals surface area contributed by atoms with Gasteiger partial charge in [-0.2, -0.15) is 0 Å². The molecule has 1 heterocycles. The van der Waals surface area contributed by atoms with Gasteiger partial charge in [-0.05, 0) is 41.3 Å². The Kier molecular flexibility index (Phi) is 5.58. The first kappa shape index (κ1) is 19.7. The van der Waals surface area contributed by atoms with E-state index in [0.717, 1.165) is 5.69 Å². The Balaban J connectivity index is 1.61. The van der Waals surface area contributed by atoms with Crippen molar-refractivity contribution in [1.82, 2.24) is 5.32 Å². The summed E-state index contributed by atoms with van der Waals surface area (Å²) in [7, 11) is 0. The molecule has 0 radical (unpaired) electrons. The van der Waals surface area contributed by atoms with E-state index in [1.165, 1.54) is 12.5 Å². The zero-order valence-electron chi connectivity index (χ0n) is 16.7. The monoisotopic (exact) mass is 382 g/mol. The molecule has 1 aliphatic heterocycles. The van der Waals surface area contributed by atoms with E-state index in [-0.39, 0.29) is 24.0 Å². The van der Waals surface area contributed by atoms with Gasteiger partial charge < -0.3 is 19.7 Å². The molecule has 28 heavy (non-hydrogen) atoms. The maximum atomic E-state index is 12.4. The van der Waals surface area contributed by atoms with Gasteiger partial charge in [-0.3, -0.25) is 9.59 Å². The molecule has 0 aromatic heterocycles. The molecule has 1 aliphatic rings. The fraction of sp³-hybridized carbons (Fsp3) is 0.364. The van der Waals surface area contributed by atoms with Crippen LogP contribution in [-0.4, -0.2) is 31.7 Å². The third-order valence-corrected chi connectivity index (χ3v) is 4.68. The van der Waals surface area contributed by atoms with E-state index in [1.54, 1.807) is 23.1 Å². The van der Waals surface area contributed by atoms with Crippen LogP contribution in [0.15, 0.2) is 42.5 Å². The minimum Gasteiger partial charge on any atom is -0.454 e. The molecule has 0 spiro atoms. The number of ether oxygens (including phenoxy) is 2. The van der Waals surface area contributed by atoms with Crippen molar-refractivity contribution in [3.63, 3.8) is 0 Å². The molecule has 148 valence electrons. The van der Waals surface area contributed by atoms with Crippen LogP contribution in [-0.2, 0) is 10.2 Å². The zero-order chi connectivity index (χ0) is 20.3. The molecule has 2 amide bonds. The number of nitrogens with zero attached hydrogens (tertiary/aromatic N) is 1. The minimum atomic E-state index is -0.218. The molecular formula is C22H26N2O4. The number of hydrogen-bond acceptors (Lipinski definition) is 4. The van der Waals surface area contributed by atoms with Crippen LogP contribution in [0.3, 0.4) is 0 Å². The summed E-state index contributed by atoms with van der Waals surface area (Å²) in [6.07, 6.45) is 0. The van der Waals surface area contributed by atoms with Crippen LogP contribution in [0.25, 0.3) is 0 Å². The second kappa shape index (κ2) is 7.92. The van der Waals surface area contributed by atoms with Crippen LogP contribution >= 0.6 is 0 Å². The molecular weight excluding hydrogens is 356 g/mol. The third-order valence-electron chi connectivity index (χ3n) is 4.68. The fourth-order valence-corrected chi connectivity index (χ4v) is 3.03. The maximum absolute atomic E-state index is 12.4. The second-order valence-corrected chi connectivity index (χ2v) is 7.79. The predicted molar refractivity (Wildman–Crippen MR) is 108 cm³/mol. The van der Waals surface area contributed by atoms with Crippen molar-refractivity contribution in [2.24, 2.45) is 0 Å². The van der Waals surface area contributed by atoms with Gasteiger partial charge in [0.05, 0.1) is 0 Å². The number of anilines is 1. The van der Waals surface area contributed by atoms with Crippen molar-refractivity contribution in [2.45, 2.75) is 33.1 Å². The van der Waals surface area contributed by atoms with E-state index >= 15 is 0 Å². The highest BCUT2D eigenvalue weighted by atomic mass is 16.7. The van der Waals surface area contributed by atoms with Crippen LogP contribution in [0, 0.1) is 0 Å². The SMILES string of the molecule is CC(=O)N(CCNC(=O)c1ccc2c(c1)OCO2)c1ccc(C(C)(C)C)cc1. The van der Waals surface area contributed by atoms with E-state index in [4.69, 9.17) is 9.47 Å². The zero-order valence-corrected chi connectivity index (χ0v) is 16.7. The molecule has 6 nitrogen and oxygen atoms in total. The maximum Gasteiger partial charge on any atom is 0.251 e. The van der Waals surface area contributed by atoms with E-state index in [1.807, 2.05) is 24.3 Å². The molecule has 2 aromatic rings. The Bertz CT molecular complexity index is 869. The van der Waals surface area contributed by atoms with Crippen LogP contribution < -0.4 is 19.7 Å². The normalized spacial score (nSPS) is 12.6. The number of nitrogens with one attached hydrogen (secondary N) is 1. The molecule has 0 saturated heterocycles. The molecule has 6 heteroatoms. The molecule has 3 rings (SSSR count). The first-order chi connectivity index (χ1) is 13.3. The van der Waals surface area contributed by atoms with Crippen molar-refractivity contribution < 1.29 is 19.1 Å². The van der Waals surface area contributed by atoms with Gasteiger partial charge in [0.15, 0.2) is 11.5 Å². The number of carbonyl (C=O) groups is 2. The summed E-state index contributed by atoms with van der Waals surface area (Å²) in [5.41, 5.74) is 2.57.